The van der Waals surface area contributed by atoms with Gasteiger partial charge in [-0.05, 0) is 106 Å². The Bertz CT molecular complexity index is 1080. The molecule has 0 saturated carbocycles. The van der Waals surface area contributed by atoms with Crippen LogP contribution in [0.1, 0.15) is 32.6 Å². The summed E-state index contributed by atoms with van der Waals surface area (Å²) in [5.74, 6) is 1.42. The normalized spacial score (nSPS) is 18.8. The molecule has 0 radical (unpaired) electrons. The van der Waals surface area contributed by atoms with Crippen molar-refractivity contribution >= 4 is 40.5 Å². The number of methoxy groups -OCH3 is 2. The van der Waals surface area contributed by atoms with E-state index in [0.717, 1.165) is 38.9 Å². The highest BCUT2D eigenvalue weighted by molar-refractivity contribution is 7.80. The van der Waals surface area contributed by atoms with Crippen LogP contribution in [0.25, 0.3) is 0 Å². The van der Waals surface area contributed by atoms with Crippen LogP contribution in [0.2, 0.25) is 0 Å². The Morgan fingerprint density at radius 3 is 2.16 bits per heavy atom. The third-order valence-corrected chi connectivity index (χ3v) is 7.52. The zero-order valence-corrected chi connectivity index (χ0v) is 22.6. The standard InChI is InChI=1S/C28H36N4O4S/c1-4-15-30-16-13-20(14-17-30)19-31-25(18-26(33)29-21-5-9-23(35-2)10-6-21)27(34)32(28(31)37)22-7-11-24(36-3)12-8-22/h5-12,20,25H,4,13-19H2,1-3H3,(H,29,33)/t25-/m1/s1. The number of ether oxygens (including phenoxy) is 2. The summed E-state index contributed by atoms with van der Waals surface area (Å²) in [5.41, 5.74) is 1.33. The van der Waals surface area contributed by atoms with Gasteiger partial charge in [-0.3, -0.25) is 14.5 Å². The Hall–Kier alpha value is -3.17. The number of hydrogen-bond donors (Lipinski definition) is 1. The molecule has 0 unspecified atom stereocenters. The molecule has 4 rings (SSSR count). The minimum absolute atomic E-state index is 0.0202. The average molecular weight is 525 g/mol. The van der Waals surface area contributed by atoms with E-state index in [0.29, 0.717) is 40.4 Å². The molecule has 2 fully saturated rings. The van der Waals surface area contributed by atoms with E-state index in [9.17, 15) is 9.59 Å². The zero-order valence-electron chi connectivity index (χ0n) is 21.8. The molecule has 0 aromatic heterocycles. The lowest BCUT2D eigenvalue weighted by Gasteiger charge is -2.35. The molecule has 37 heavy (non-hydrogen) atoms. The van der Waals surface area contributed by atoms with Crippen LogP contribution in [0.4, 0.5) is 11.4 Å². The number of nitrogens with one attached hydrogen (secondary N) is 1. The van der Waals surface area contributed by atoms with Crippen molar-refractivity contribution in [3.8, 4) is 11.5 Å². The fourth-order valence-electron chi connectivity index (χ4n) is 5.06. The van der Waals surface area contributed by atoms with Crippen molar-refractivity contribution in [3.63, 3.8) is 0 Å². The van der Waals surface area contributed by atoms with E-state index in [2.05, 4.69) is 17.1 Å². The predicted molar refractivity (Wildman–Crippen MR) is 149 cm³/mol. The Morgan fingerprint density at radius 2 is 1.59 bits per heavy atom. The van der Waals surface area contributed by atoms with Crippen molar-refractivity contribution < 1.29 is 19.1 Å². The highest BCUT2D eigenvalue weighted by Crippen LogP contribution is 2.31. The first-order chi connectivity index (χ1) is 17.9. The lowest BCUT2D eigenvalue weighted by molar-refractivity contribution is -0.124. The zero-order chi connectivity index (χ0) is 26.4. The number of rotatable bonds is 10. The van der Waals surface area contributed by atoms with E-state index >= 15 is 0 Å². The monoisotopic (exact) mass is 524 g/mol. The van der Waals surface area contributed by atoms with E-state index in [1.807, 2.05) is 29.2 Å². The van der Waals surface area contributed by atoms with Gasteiger partial charge in [0.25, 0.3) is 5.91 Å². The van der Waals surface area contributed by atoms with Crippen LogP contribution in [-0.2, 0) is 9.59 Å². The maximum absolute atomic E-state index is 13.7. The van der Waals surface area contributed by atoms with Gasteiger partial charge in [-0.25, -0.2) is 0 Å². The predicted octanol–water partition coefficient (Wildman–Crippen LogP) is 4.16. The number of thiocarbonyl (C=S) groups is 1. The Labute approximate surface area is 224 Å². The smallest absolute Gasteiger partial charge is 0.256 e. The van der Waals surface area contributed by atoms with Crippen LogP contribution in [0.5, 0.6) is 11.5 Å². The van der Waals surface area contributed by atoms with Gasteiger partial charge in [-0.15, -0.1) is 0 Å². The molecule has 0 bridgehead atoms. The van der Waals surface area contributed by atoms with Gasteiger partial charge < -0.3 is 24.6 Å². The largest absolute Gasteiger partial charge is 0.497 e. The Balaban J connectivity index is 1.51. The minimum Gasteiger partial charge on any atom is -0.497 e. The summed E-state index contributed by atoms with van der Waals surface area (Å²) in [7, 11) is 3.20. The molecular formula is C28H36N4O4S. The van der Waals surface area contributed by atoms with E-state index in [1.165, 1.54) is 0 Å². The number of hydrogen-bond acceptors (Lipinski definition) is 6. The quantitative estimate of drug-likeness (QED) is 0.468. The van der Waals surface area contributed by atoms with E-state index < -0.39 is 6.04 Å². The van der Waals surface area contributed by atoms with Crippen molar-refractivity contribution in [1.82, 2.24) is 9.80 Å². The summed E-state index contributed by atoms with van der Waals surface area (Å²) in [6, 6.07) is 13.7. The van der Waals surface area contributed by atoms with Crippen LogP contribution in [-0.4, -0.2) is 73.2 Å². The molecule has 1 N–H and O–H groups in total. The second-order valence-corrected chi connectivity index (χ2v) is 9.95. The molecule has 2 saturated heterocycles. The highest BCUT2D eigenvalue weighted by Gasteiger charge is 2.45. The number of nitrogens with zero attached hydrogens (tertiary/aromatic N) is 3. The molecule has 198 valence electrons. The van der Waals surface area contributed by atoms with Crippen LogP contribution < -0.4 is 19.7 Å². The number of anilines is 2. The van der Waals surface area contributed by atoms with Gasteiger partial charge in [0.15, 0.2) is 5.11 Å². The SMILES string of the molecule is CCCN1CCC(CN2C(=S)N(c3ccc(OC)cc3)C(=O)[C@H]2CC(=O)Nc2ccc(OC)cc2)CC1. The third-order valence-electron chi connectivity index (χ3n) is 7.10. The molecule has 8 nitrogen and oxygen atoms in total. The molecular weight excluding hydrogens is 488 g/mol. The number of carbonyl (C=O) groups is 2. The fourth-order valence-corrected chi connectivity index (χ4v) is 5.46. The molecule has 0 spiro atoms. The molecule has 2 heterocycles. The van der Waals surface area contributed by atoms with Gasteiger partial charge in [-0.1, -0.05) is 6.92 Å². The lowest BCUT2D eigenvalue weighted by atomic mass is 9.95. The van der Waals surface area contributed by atoms with E-state index in [4.69, 9.17) is 21.7 Å². The van der Waals surface area contributed by atoms with Crippen LogP contribution >= 0.6 is 12.2 Å². The van der Waals surface area contributed by atoms with Gasteiger partial charge in [0, 0.05) is 12.2 Å². The molecule has 2 aromatic carbocycles. The molecule has 2 amide bonds. The second-order valence-electron chi connectivity index (χ2n) is 9.59. The van der Waals surface area contributed by atoms with Crippen LogP contribution in [0, 0.1) is 5.92 Å². The summed E-state index contributed by atoms with van der Waals surface area (Å²) in [6.45, 7) is 6.09. The number of carbonyl (C=O) groups excluding carboxylic acids is 2. The lowest BCUT2D eigenvalue weighted by Crippen LogP contribution is -2.44. The first-order valence-electron chi connectivity index (χ1n) is 12.9. The number of amides is 2. The van der Waals surface area contributed by atoms with Crippen LogP contribution in [0.15, 0.2) is 48.5 Å². The Kier molecular flexibility index (Phi) is 9.00. The highest BCUT2D eigenvalue weighted by atomic mass is 32.1. The first kappa shape index (κ1) is 26.9. The average Bonchev–Trinajstić information content (AvgIpc) is 3.14. The fraction of sp³-hybridized carbons (Fsp3) is 0.464. The second kappa shape index (κ2) is 12.4. The minimum atomic E-state index is -0.651. The number of benzene rings is 2. The summed E-state index contributed by atoms with van der Waals surface area (Å²) >= 11 is 5.85. The van der Waals surface area contributed by atoms with Gasteiger partial charge >= 0.3 is 0 Å². The first-order valence-corrected chi connectivity index (χ1v) is 13.3. The Morgan fingerprint density at radius 1 is 1.00 bits per heavy atom. The van der Waals surface area contributed by atoms with Gasteiger partial charge in [0.05, 0.1) is 26.3 Å². The van der Waals surface area contributed by atoms with E-state index in [1.54, 1.807) is 43.4 Å². The summed E-state index contributed by atoms with van der Waals surface area (Å²) in [5, 5.41) is 3.36. The topological polar surface area (TPSA) is 74.4 Å². The molecule has 2 aliphatic rings. The maximum atomic E-state index is 13.7. The molecule has 1 atom stereocenters. The number of piperidine rings is 1. The van der Waals surface area contributed by atoms with E-state index in [-0.39, 0.29) is 18.2 Å². The molecule has 0 aliphatic carbocycles. The summed E-state index contributed by atoms with van der Waals surface area (Å²) in [4.78, 5) is 32.8. The van der Waals surface area contributed by atoms with Crippen LogP contribution in [0.3, 0.4) is 0 Å². The van der Waals surface area contributed by atoms with Crippen molar-refractivity contribution in [2.24, 2.45) is 5.92 Å². The van der Waals surface area contributed by atoms with Gasteiger partial charge in [0.2, 0.25) is 5.91 Å². The summed E-state index contributed by atoms with van der Waals surface area (Å²) in [6.07, 6.45) is 3.28. The third kappa shape index (κ3) is 6.40. The molecule has 2 aromatic rings. The molecule has 2 aliphatic heterocycles. The van der Waals surface area contributed by atoms with Crippen molar-refractivity contribution in [2.75, 3.05) is 50.6 Å². The molecule has 9 heteroatoms. The van der Waals surface area contributed by atoms with Gasteiger partial charge in [-0.2, -0.15) is 0 Å². The van der Waals surface area contributed by atoms with Crippen molar-refractivity contribution in [1.29, 1.82) is 0 Å². The van der Waals surface area contributed by atoms with Crippen molar-refractivity contribution in [3.05, 3.63) is 48.5 Å². The number of likely N-dealkylation sites (tertiary alicyclic amines) is 1. The maximum Gasteiger partial charge on any atom is 0.256 e. The van der Waals surface area contributed by atoms with Crippen molar-refractivity contribution in [2.45, 2.75) is 38.6 Å². The van der Waals surface area contributed by atoms with Gasteiger partial charge in [0.1, 0.15) is 17.5 Å². The summed E-state index contributed by atoms with van der Waals surface area (Å²) < 4.78 is 10.5.